The molecule has 0 bridgehead atoms. The number of nitrogens with zero attached hydrogens (tertiary/aromatic N) is 4. The van der Waals surface area contributed by atoms with Gasteiger partial charge in [0.25, 0.3) is 0 Å². The molecule has 1 aromatic carbocycles. The molecule has 3 rings (SSSR count). The van der Waals surface area contributed by atoms with Gasteiger partial charge in [-0.3, -0.25) is 4.90 Å². The summed E-state index contributed by atoms with van der Waals surface area (Å²) >= 11 is 5.42. The van der Waals surface area contributed by atoms with Crippen LogP contribution in [0.25, 0.3) is 0 Å². The Morgan fingerprint density at radius 1 is 1.41 bits per heavy atom. The fourth-order valence-electron chi connectivity index (χ4n) is 2.71. The third kappa shape index (κ3) is 3.29. The van der Waals surface area contributed by atoms with Crippen LogP contribution in [0.15, 0.2) is 24.3 Å². The molecule has 2 aromatic rings. The van der Waals surface area contributed by atoms with Crippen molar-refractivity contribution in [2.24, 2.45) is 7.05 Å². The van der Waals surface area contributed by atoms with E-state index in [1.807, 2.05) is 11.7 Å². The Balaban J connectivity index is 1.79. The summed E-state index contributed by atoms with van der Waals surface area (Å²) in [6.45, 7) is 3.60. The molecule has 1 N–H and O–H groups in total. The first-order valence-electron chi connectivity index (χ1n) is 7.61. The van der Waals surface area contributed by atoms with Crippen LogP contribution in [0.3, 0.4) is 0 Å². The molecule has 1 fully saturated rings. The van der Waals surface area contributed by atoms with E-state index in [9.17, 15) is 5.11 Å². The van der Waals surface area contributed by atoms with Crippen LogP contribution in [0.5, 0.6) is 0 Å². The molecule has 0 radical (unpaired) electrons. The van der Waals surface area contributed by atoms with Crippen molar-refractivity contribution in [2.45, 2.75) is 45.6 Å². The molecule has 22 heavy (non-hydrogen) atoms. The van der Waals surface area contributed by atoms with Crippen molar-refractivity contribution >= 4 is 12.2 Å². The van der Waals surface area contributed by atoms with Gasteiger partial charge >= 0.3 is 0 Å². The van der Waals surface area contributed by atoms with Gasteiger partial charge in [0.1, 0.15) is 6.61 Å². The van der Waals surface area contributed by atoms with Gasteiger partial charge in [-0.25, -0.2) is 4.68 Å². The molecular formula is C16H22N4OS. The molecule has 1 aromatic heterocycles. The highest BCUT2D eigenvalue weighted by Crippen LogP contribution is 2.29. The summed E-state index contributed by atoms with van der Waals surface area (Å²) in [6.07, 6.45) is 2.47. The lowest BCUT2D eigenvalue weighted by atomic mass is 10.1. The predicted molar refractivity (Wildman–Crippen MR) is 87.7 cm³/mol. The minimum Gasteiger partial charge on any atom is -0.388 e. The lowest BCUT2D eigenvalue weighted by Gasteiger charge is -2.22. The molecule has 1 aliphatic rings. The molecular weight excluding hydrogens is 296 g/mol. The van der Waals surface area contributed by atoms with Gasteiger partial charge < -0.3 is 9.67 Å². The second-order valence-electron chi connectivity index (χ2n) is 6.02. The van der Waals surface area contributed by atoms with Crippen LogP contribution in [0.1, 0.15) is 29.8 Å². The number of hydrogen-bond acceptors (Lipinski definition) is 4. The average Bonchev–Trinajstić information content (AvgIpc) is 3.30. The predicted octanol–water partition coefficient (Wildman–Crippen LogP) is 2.37. The van der Waals surface area contributed by atoms with E-state index in [0.29, 0.717) is 23.3 Å². The minimum atomic E-state index is -0.0888. The Bertz CT molecular complexity index is 717. The summed E-state index contributed by atoms with van der Waals surface area (Å²) in [6, 6.07) is 9.23. The van der Waals surface area contributed by atoms with E-state index >= 15 is 0 Å². The molecule has 5 nitrogen and oxygen atoms in total. The van der Waals surface area contributed by atoms with Gasteiger partial charge in [0, 0.05) is 19.6 Å². The van der Waals surface area contributed by atoms with Gasteiger partial charge in [-0.2, -0.15) is 5.10 Å². The molecule has 1 aliphatic carbocycles. The lowest BCUT2D eigenvalue weighted by Crippen LogP contribution is -2.29. The van der Waals surface area contributed by atoms with Crippen LogP contribution in [0.2, 0.25) is 0 Å². The first-order chi connectivity index (χ1) is 10.6. The molecule has 0 aliphatic heterocycles. The zero-order valence-electron chi connectivity index (χ0n) is 13.1. The largest absolute Gasteiger partial charge is 0.388 e. The highest BCUT2D eigenvalue weighted by molar-refractivity contribution is 7.71. The molecule has 0 spiro atoms. The maximum atomic E-state index is 9.32. The Hall–Kier alpha value is -1.50. The van der Waals surface area contributed by atoms with Crippen LogP contribution in [-0.4, -0.2) is 30.4 Å². The van der Waals surface area contributed by atoms with E-state index in [1.54, 1.807) is 4.57 Å². The van der Waals surface area contributed by atoms with Crippen LogP contribution in [0, 0.1) is 11.7 Å². The van der Waals surface area contributed by atoms with E-state index in [0.717, 1.165) is 6.54 Å². The number of rotatable bonds is 6. The summed E-state index contributed by atoms with van der Waals surface area (Å²) in [5.41, 5.74) is 2.60. The molecule has 118 valence electrons. The van der Waals surface area contributed by atoms with Gasteiger partial charge in [-0.05, 0) is 37.5 Å². The third-order valence-corrected chi connectivity index (χ3v) is 4.60. The van der Waals surface area contributed by atoms with E-state index in [4.69, 9.17) is 12.2 Å². The summed E-state index contributed by atoms with van der Waals surface area (Å²) < 4.78 is 4.24. The van der Waals surface area contributed by atoms with Gasteiger partial charge in [0.15, 0.2) is 10.6 Å². The van der Waals surface area contributed by atoms with Gasteiger partial charge in [-0.15, -0.1) is 0 Å². The number of hydrogen-bond donors (Lipinski definition) is 1. The van der Waals surface area contributed by atoms with E-state index in [2.05, 4.69) is 41.2 Å². The van der Waals surface area contributed by atoms with Crippen molar-refractivity contribution in [3.8, 4) is 0 Å². The fraction of sp³-hybridized carbons (Fsp3) is 0.500. The van der Waals surface area contributed by atoms with Crippen molar-refractivity contribution in [1.82, 2.24) is 19.2 Å². The SMILES string of the molecule is Cc1cccc(CN(Cn2nc(CO)n(C)c2=S)C2CC2)c1. The molecule has 1 saturated carbocycles. The zero-order valence-corrected chi connectivity index (χ0v) is 13.9. The Morgan fingerprint density at radius 3 is 2.77 bits per heavy atom. The average molecular weight is 318 g/mol. The molecule has 0 amide bonds. The normalized spacial score (nSPS) is 14.7. The first-order valence-corrected chi connectivity index (χ1v) is 8.02. The monoisotopic (exact) mass is 318 g/mol. The van der Waals surface area contributed by atoms with Gasteiger partial charge in [-0.1, -0.05) is 29.8 Å². The smallest absolute Gasteiger partial charge is 0.198 e. The van der Waals surface area contributed by atoms with E-state index in [1.165, 1.54) is 24.0 Å². The second-order valence-corrected chi connectivity index (χ2v) is 6.39. The zero-order chi connectivity index (χ0) is 15.7. The molecule has 0 unspecified atom stereocenters. The minimum absolute atomic E-state index is 0.0888. The number of aliphatic hydroxyl groups excluding tert-OH is 1. The number of aryl methyl sites for hydroxylation is 1. The highest BCUT2D eigenvalue weighted by Gasteiger charge is 2.29. The van der Waals surface area contributed by atoms with Crippen LogP contribution in [-0.2, 0) is 26.9 Å². The molecule has 6 heteroatoms. The standard InChI is InChI=1S/C16H22N4OS/c1-12-4-3-5-13(8-12)9-19(14-6-7-14)11-20-16(22)18(2)15(10-21)17-20/h3-5,8,14,21H,6-7,9-11H2,1-2H3. The van der Waals surface area contributed by atoms with Crippen molar-refractivity contribution in [3.63, 3.8) is 0 Å². The van der Waals surface area contributed by atoms with Crippen LogP contribution in [0.4, 0.5) is 0 Å². The maximum absolute atomic E-state index is 9.32. The molecule has 0 atom stereocenters. The van der Waals surface area contributed by atoms with Crippen molar-refractivity contribution in [2.75, 3.05) is 0 Å². The number of benzene rings is 1. The quantitative estimate of drug-likeness (QED) is 0.831. The summed E-state index contributed by atoms with van der Waals surface area (Å²) in [7, 11) is 1.85. The van der Waals surface area contributed by atoms with Crippen molar-refractivity contribution in [1.29, 1.82) is 0 Å². The highest BCUT2D eigenvalue weighted by atomic mass is 32.1. The molecule has 1 heterocycles. The number of aromatic nitrogens is 3. The Kier molecular flexibility index (Phi) is 4.42. The third-order valence-electron chi connectivity index (χ3n) is 4.12. The number of aliphatic hydroxyl groups is 1. The van der Waals surface area contributed by atoms with Crippen LogP contribution >= 0.6 is 12.2 Å². The Morgan fingerprint density at radius 2 is 2.18 bits per heavy atom. The molecule has 0 saturated heterocycles. The van der Waals surface area contributed by atoms with Gasteiger partial charge in [0.05, 0.1) is 6.67 Å². The summed E-state index contributed by atoms with van der Waals surface area (Å²) in [5.74, 6) is 0.608. The van der Waals surface area contributed by atoms with Crippen LogP contribution < -0.4 is 0 Å². The van der Waals surface area contributed by atoms with Gasteiger partial charge in [0.2, 0.25) is 0 Å². The van der Waals surface area contributed by atoms with Crippen molar-refractivity contribution < 1.29 is 5.11 Å². The maximum Gasteiger partial charge on any atom is 0.198 e. The van der Waals surface area contributed by atoms with E-state index < -0.39 is 0 Å². The lowest BCUT2D eigenvalue weighted by molar-refractivity contribution is 0.185. The summed E-state index contributed by atoms with van der Waals surface area (Å²) in [4.78, 5) is 2.42. The second kappa shape index (κ2) is 6.32. The topological polar surface area (TPSA) is 46.2 Å². The Labute approximate surface area is 135 Å². The van der Waals surface area contributed by atoms with Crippen molar-refractivity contribution in [3.05, 3.63) is 46.0 Å². The van der Waals surface area contributed by atoms with E-state index in [-0.39, 0.29) is 6.61 Å². The first kappa shape index (κ1) is 15.4. The fourth-order valence-corrected chi connectivity index (χ4v) is 2.92. The summed E-state index contributed by atoms with van der Waals surface area (Å²) in [5, 5.41) is 13.7.